The number of piperidine rings is 1. The van der Waals surface area contributed by atoms with Crippen molar-refractivity contribution in [3.8, 4) is 0 Å². The zero-order valence-electron chi connectivity index (χ0n) is 14.4. The van der Waals surface area contributed by atoms with Crippen LogP contribution in [0.15, 0.2) is 24.3 Å². The number of carbonyl (C=O) groups is 1. The van der Waals surface area contributed by atoms with Crippen LogP contribution in [0.5, 0.6) is 0 Å². The van der Waals surface area contributed by atoms with E-state index in [1.54, 1.807) is 7.11 Å². The van der Waals surface area contributed by atoms with Crippen LogP contribution in [-0.2, 0) is 9.53 Å². The summed E-state index contributed by atoms with van der Waals surface area (Å²) in [5, 5.41) is 4.04. The monoisotopic (exact) mass is 409 g/mol. The van der Waals surface area contributed by atoms with Gasteiger partial charge in [0.2, 0.25) is 0 Å². The van der Waals surface area contributed by atoms with Gasteiger partial charge in [-0.3, -0.25) is 4.79 Å². The van der Waals surface area contributed by atoms with Crippen molar-refractivity contribution in [1.29, 1.82) is 0 Å². The molecule has 2 aliphatic rings. The molecule has 0 spiro atoms. The summed E-state index contributed by atoms with van der Waals surface area (Å²) < 4.78 is 5.66. The molecule has 8 heteroatoms. The highest BCUT2D eigenvalue weighted by Gasteiger charge is 2.42. The maximum absolute atomic E-state index is 12.9. The van der Waals surface area contributed by atoms with Crippen molar-refractivity contribution >= 4 is 48.0 Å². The normalized spacial score (nSPS) is 19.6. The number of benzene rings is 1. The predicted octanol–water partition coefficient (Wildman–Crippen LogP) is 2.60. The molecule has 2 fully saturated rings. The second-order valence-electron chi connectivity index (χ2n) is 6.20. The van der Waals surface area contributed by atoms with Gasteiger partial charge in [-0.1, -0.05) is 11.6 Å². The number of hydrogen-bond acceptors (Lipinski definition) is 4. The molecule has 2 heterocycles. The Labute approximate surface area is 166 Å². The molecule has 1 N–H and O–H groups in total. The van der Waals surface area contributed by atoms with Crippen molar-refractivity contribution in [2.24, 2.45) is 0 Å². The fourth-order valence-corrected chi connectivity index (χ4v) is 3.57. The highest BCUT2D eigenvalue weighted by atomic mass is 35.5. The zero-order valence-corrected chi connectivity index (χ0v) is 16.8. The molecular formula is C17H26Cl3N3O2. The Balaban J connectivity index is 0.00000156. The van der Waals surface area contributed by atoms with Crippen LogP contribution >= 0.6 is 36.4 Å². The van der Waals surface area contributed by atoms with Gasteiger partial charge in [0.25, 0.3) is 5.91 Å². The molecule has 0 atom stereocenters. The molecule has 0 unspecified atom stereocenters. The summed E-state index contributed by atoms with van der Waals surface area (Å²) in [6, 6.07) is 7.87. The van der Waals surface area contributed by atoms with Gasteiger partial charge in [-0.2, -0.15) is 0 Å². The van der Waals surface area contributed by atoms with Crippen molar-refractivity contribution in [3.05, 3.63) is 29.3 Å². The molecule has 0 aromatic heterocycles. The average molecular weight is 411 g/mol. The number of nitrogens with zero attached hydrogens (tertiary/aromatic N) is 2. The predicted molar refractivity (Wildman–Crippen MR) is 107 cm³/mol. The lowest BCUT2D eigenvalue weighted by Gasteiger charge is -2.42. The van der Waals surface area contributed by atoms with E-state index in [1.807, 2.05) is 29.2 Å². The van der Waals surface area contributed by atoms with Crippen LogP contribution in [0, 0.1) is 0 Å². The molecule has 1 aromatic rings. The van der Waals surface area contributed by atoms with E-state index >= 15 is 0 Å². The fraction of sp³-hybridized carbons (Fsp3) is 0.588. The number of halogens is 3. The number of hydrogen-bond donors (Lipinski definition) is 1. The van der Waals surface area contributed by atoms with Crippen molar-refractivity contribution in [2.75, 3.05) is 51.3 Å². The number of nitrogens with one attached hydrogen (secondary N) is 1. The molecule has 3 rings (SSSR count). The van der Waals surface area contributed by atoms with Gasteiger partial charge in [0.05, 0.1) is 0 Å². The summed E-state index contributed by atoms with van der Waals surface area (Å²) in [5.74, 6) is 0.150. The number of carbonyl (C=O) groups excluding carboxylic acids is 1. The topological polar surface area (TPSA) is 44.8 Å². The average Bonchev–Trinajstić information content (AvgIpc) is 2.62. The SMILES string of the molecule is COC1(C(=O)N2CCN(c3ccc(Cl)cc3)CC2)CCNCC1.Cl.Cl. The van der Waals surface area contributed by atoms with Gasteiger partial charge in [-0.05, 0) is 50.2 Å². The van der Waals surface area contributed by atoms with Crippen LogP contribution in [0.1, 0.15) is 12.8 Å². The van der Waals surface area contributed by atoms with E-state index in [0.717, 1.165) is 62.8 Å². The van der Waals surface area contributed by atoms with Crippen molar-refractivity contribution < 1.29 is 9.53 Å². The third-order valence-electron chi connectivity index (χ3n) is 4.95. The largest absolute Gasteiger partial charge is 0.368 e. The Hall–Kier alpha value is -0.720. The minimum Gasteiger partial charge on any atom is -0.368 e. The van der Waals surface area contributed by atoms with Gasteiger partial charge < -0.3 is 19.9 Å². The van der Waals surface area contributed by atoms with E-state index in [9.17, 15) is 4.79 Å². The lowest BCUT2D eigenvalue weighted by molar-refractivity contribution is -0.158. The van der Waals surface area contributed by atoms with Gasteiger partial charge in [0.15, 0.2) is 0 Å². The lowest BCUT2D eigenvalue weighted by Crippen LogP contribution is -2.59. The van der Waals surface area contributed by atoms with Crippen molar-refractivity contribution in [2.45, 2.75) is 18.4 Å². The first-order valence-corrected chi connectivity index (χ1v) is 8.58. The summed E-state index contributed by atoms with van der Waals surface area (Å²) in [7, 11) is 1.66. The number of rotatable bonds is 3. The van der Waals surface area contributed by atoms with Gasteiger partial charge in [0.1, 0.15) is 5.60 Å². The van der Waals surface area contributed by atoms with E-state index < -0.39 is 5.60 Å². The number of piperazine rings is 1. The molecule has 5 nitrogen and oxygen atoms in total. The smallest absolute Gasteiger partial charge is 0.255 e. The maximum Gasteiger partial charge on any atom is 0.255 e. The highest BCUT2D eigenvalue weighted by molar-refractivity contribution is 6.30. The van der Waals surface area contributed by atoms with Crippen LogP contribution in [-0.4, -0.2) is 62.8 Å². The molecule has 0 aliphatic carbocycles. The molecule has 1 aromatic carbocycles. The minimum absolute atomic E-state index is 0. The molecule has 142 valence electrons. The lowest BCUT2D eigenvalue weighted by atomic mass is 9.90. The molecule has 0 bridgehead atoms. The Morgan fingerprint density at radius 2 is 1.64 bits per heavy atom. The summed E-state index contributed by atoms with van der Waals surface area (Å²) in [6.45, 7) is 4.82. The second kappa shape index (κ2) is 9.83. The van der Waals surface area contributed by atoms with Crippen LogP contribution in [0.4, 0.5) is 5.69 Å². The highest BCUT2D eigenvalue weighted by Crippen LogP contribution is 2.26. The zero-order chi connectivity index (χ0) is 16.3. The number of ether oxygens (including phenoxy) is 1. The number of amides is 1. The Morgan fingerprint density at radius 1 is 1.08 bits per heavy atom. The Bertz CT molecular complexity index is 543. The molecule has 2 saturated heterocycles. The molecule has 25 heavy (non-hydrogen) atoms. The van der Waals surface area contributed by atoms with Crippen LogP contribution < -0.4 is 10.2 Å². The van der Waals surface area contributed by atoms with E-state index in [4.69, 9.17) is 16.3 Å². The molecule has 0 radical (unpaired) electrons. The molecule has 2 aliphatic heterocycles. The molecule has 0 saturated carbocycles. The Morgan fingerprint density at radius 3 is 2.16 bits per heavy atom. The van der Waals surface area contributed by atoms with Crippen molar-refractivity contribution in [1.82, 2.24) is 10.2 Å². The summed E-state index contributed by atoms with van der Waals surface area (Å²) in [6.07, 6.45) is 1.50. The third-order valence-corrected chi connectivity index (χ3v) is 5.20. The van der Waals surface area contributed by atoms with Crippen LogP contribution in [0.25, 0.3) is 0 Å². The Kier molecular flexibility index (Phi) is 8.78. The summed E-state index contributed by atoms with van der Waals surface area (Å²) >= 11 is 5.94. The van der Waals surface area contributed by atoms with Crippen molar-refractivity contribution in [3.63, 3.8) is 0 Å². The first-order valence-electron chi connectivity index (χ1n) is 8.20. The van der Waals surface area contributed by atoms with E-state index in [0.29, 0.717) is 0 Å². The van der Waals surface area contributed by atoms with Gasteiger partial charge in [-0.15, -0.1) is 24.8 Å². The van der Waals surface area contributed by atoms with E-state index in [-0.39, 0.29) is 30.7 Å². The standard InChI is InChI=1S/C17H24ClN3O2.2ClH/c1-23-17(6-8-19-9-7-17)16(22)21-12-10-20(11-13-21)15-4-2-14(18)3-5-15;;/h2-5,19H,6-13H2,1H3;2*1H. The quantitative estimate of drug-likeness (QED) is 0.832. The van der Waals surface area contributed by atoms with Crippen LogP contribution in [0.3, 0.4) is 0 Å². The van der Waals surface area contributed by atoms with Gasteiger partial charge in [-0.25, -0.2) is 0 Å². The number of methoxy groups -OCH3 is 1. The first kappa shape index (κ1) is 22.3. The van der Waals surface area contributed by atoms with Gasteiger partial charge in [0, 0.05) is 44.0 Å². The number of anilines is 1. The summed E-state index contributed by atoms with van der Waals surface area (Å²) in [5.41, 5.74) is 0.526. The molecular weight excluding hydrogens is 385 g/mol. The van der Waals surface area contributed by atoms with Crippen LogP contribution in [0.2, 0.25) is 5.02 Å². The fourth-order valence-electron chi connectivity index (χ4n) is 3.44. The summed E-state index contributed by atoms with van der Waals surface area (Å²) in [4.78, 5) is 17.2. The third kappa shape index (κ3) is 4.92. The van der Waals surface area contributed by atoms with E-state index in [1.165, 1.54) is 0 Å². The maximum atomic E-state index is 12.9. The second-order valence-corrected chi connectivity index (χ2v) is 6.64. The first-order chi connectivity index (χ1) is 11.1. The molecule has 1 amide bonds. The van der Waals surface area contributed by atoms with Gasteiger partial charge >= 0.3 is 0 Å². The van der Waals surface area contributed by atoms with E-state index in [2.05, 4.69) is 10.2 Å². The minimum atomic E-state index is -0.631.